The monoisotopic (exact) mass is 238 g/mol. The Balaban J connectivity index is 2.18. The van der Waals surface area contributed by atoms with Gasteiger partial charge in [0.05, 0.1) is 0 Å². The number of amides is 1. The van der Waals surface area contributed by atoms with Crippen molar-refractivity contribution in [3.8, 4) is 0 Å². The first kappa shape index (κ1) is 11.4. The molecule has 86 valence electrons. The molecule has 1 aliphatic heterocycles. The van der Waals surface area contributed by atoms with Gasteiger partial charge in [-0.15, -0.1) is 0 Å². The normalized spacial score (nSPS) is 20.1. The summed E-state index contributed by atoms with van der Waals surface area (Å²) >= 11 is 5.78. The van der Waals surface area contributed by atoms with Crippen LogP contribution in [-0.4, -0.2) is 28.4 Å². The lowest BCUT2D eigenvalue weighted by Crippen LogP contribution is -2.35. The highest BCUT2D eigenvalue weighted by atomic mass is 35.5. The summed E-state index contributed by atoms with van der Waals surface area (Å²) in [5, 5.41) is 0.373. The number of nitrogens with zero attached hydrogens (tertiary/aromatic N) is 2. The predicted octanol–water partition coefficient (Wildman–Crippen LogP) is 2.75. The maximum absolute atomic E-state index is 12.2. The van der Waals surface area contributed by atoms with Gasteiger partial charge < -0.3 is 4.90 Å². The summed E-state index contributed by atoms with van der Waals surface area (Å²) < 4.78 is 0. The molecule has 1 unspecified atom stereocenters. The van der Waals surface area contributed by atoms with Gasteiger partial charge in [0, 0.05) is 24.3 Å². The number of carbonyl (C=O) groups is 1. The van der Waals surface area contributed by atoms with E-state index in [4.69, 9.17) is 11.6 Å². The Kier molecular flexibility index (Phi) is 3.44. The first-order chi connectivity index (χ1) is 7.72. The Morgan fingerprint density at radius 3 is 3.19 bits per heavy atom. The van der Waals surface area contributed by atoms with Gasteiger partial charge in [0.2, 0.25) is 0 Å². The van der Waals surface area contributed by atoms with Gasteiger partial charge in [-0.05, 0) is 31.4 Å². The highest BCUT2D eigenvalue weighted by Crippen LogP contribution is 2.22. The fraction of sp³-hybridized carbons (Fsp3) is 0.500. The molecule has 2 heterocycles. The summed E-state index contributed by atoms with van der Waals surface area (Å²) in [6.45, 7) is 2.98. The number of rotatable bonds is 2. The molecule has 0 aliphatic carbocycles. The minimum atomic E-state index is 0.0775. The van der Waals surface area contributed by atoms with Crippen LogP contribution in [0.15, 0.2) is 18.3 Å². The molecule has 4 heteroatoms. The van der Waals surface area contributed by atoms with Crippen LogP contribution >= 0.6 is 11.6 Å². The summed E-state index contributed by atoms with van der Waals surface area (Å²) in [7, 11) is 0. The molecule has 16 heavy (non-hydrogen) atoms. The number of carbonyl (C=O) groups excluding carboxylic acids is 1. The third-order valence-electron chi connectivity index (χ3n) is 3.08. The minimum absolute atomic E-state index is 0.0775. The fourth-order valence-electron chi connectivity index (χ4n) is 2.23. The molecule has 0 N–H and O–H groups in total. The quantitative estimate of drug-likeness (QED) is 0.743. The number of pyridine rings is 1. The second kappa shape index (κ2) is 4.83. The van der Waals surface area contributed by atoms with Crippen molar-refractivity contribution in [2.75, 3.05) is 6.54 Å². The Bertz CT molecular complexity index is 394. The first-order valence-electron chi connectivity index (χ1n) is 5.65. The van der Waals surface area contributed by atoms with E-state index >= 15 is 0 Å². The van der Waals surface area contributed by atoms with Gasteiger partial charge in [0.15, 0.2) is 0 Å². The topological polar surface area (TPSA) is 33.2 Å². The van der Waals surface area contributed by atoms with E-state index < -0.39 is 0 Å². The zero-order chi connectivity index (χ0) is 11.5. The maximum Gasteiger partial charge on any atom is 0.254 e. The van der Waals surface area contributed by atoms with Crippen LogP contribution in [0.3, 0.4) is 0 Å². The molecule has 1 aromatic heterocycles. The fourth-order valence-corrected chi connectivity index (χ4v) is 2.40. The summed E-state index contributed by atoms with van der Waals surface area (Å²) in [5.74, 6) is 0.0775. The van der Waals surface area contributed by atoms with Crippen LogP contribution in [0.5, 0.6) is 0 Å². The van der Waals surface area contributed by atoms with Crippen LogP contribution in [0.25, 0.3) is 0 Å². The van der Waals surface area contributed by atoms with Crippen molar-refractivity contribution >= 4 is 17.5 Å². The van der Waals surface area contributed by atoms with E-state index in [-0.39, 0.29) is 5.91 Å². The van der Waals surface area contributed by atoms with Gasteiger partial charge in [-0.2, -0.15) is 0 Å². The Morgan fingerprint density at radius 2 is 2.50 bits per heavy atom. The zero-order valence-electron chi connectivity index (χ0n) is 9.32. The summed E-state index contributed by atoms with van der Waals surface area (Å²) in [6, 6.07) is 3.74. The van der Waals surface area contributed by atoms with Crippen LogP contribution < -0.4 is 0 Å². The third-order valence-corrected chi connectivity index (χ3v) is 3.29. The number of hydrogen-bond donors (Lipinski definition) is 0. The van der Waals surface area contributed by atoms with Crippen LogP contribution in [0.1, 0.15) is 36.5 Å². The number of halogens is 1. The molecular weight excluding hydrogens is 224 g/mol. The molecule has 2 rings (SSSR count). The van der Waals surface area contributed by atoms with E-state index in [2.05, 4.69) is 11.9 Å². The van der Waals surface area contributed by atoms with Crippen LogP contribution in [0, 0.1) is 0 Å². The molecule has 1 aromatic rings. The largest absolute Gasteiger partial charge is 0.336 e. The lowest BCUT2D eigenvalue weighted by atomic mass is 10.1. The molecule has 3 nitrogen and oxygen atoms in total. The lowest BCUT2D eigenvalue weighted by molar-refractivity contribution is 0.0733. The van der Waals surface area contributed by atoms with E-state index in [0.717, 1.165) is 25.8 Å². The molecule has 1 amide bonds. The van der Waals surface area contributed by atoms with Crippen molar-refractivity contribution < 1.29 is 4.79 Å². The van der Waals surface area contributed by atoms with Crippen molar-refractivity contribution in [2.24, 2.45) is 0 Å². The van der Waals surface area contributed by atoms with E-state index in [1.807, 2.05) is 4.90 Å². The molecule has 1 saturated heterocycles. The molecule has 0 spiro atoms. The van der Waals surface area contributed by atoms with Crippen LogP contribution in [0.4, 0.5) is 0 Å². The molecule has 0 bridgehead atoms. The highest BCUT2D eigenvalue weighted by Gasteiger charge is 2.27. The number of aromatic nitrogens is 1. The second-order valence-electron chi connectivity index (χ2n) is 4.07. The standard InChI is InChI=1S/C12H15ClN2O/c1-2-10-4-3-7-15(10)12(16)9-5-6-14-11(13)8-9/h5-6,8,10H,2-4,7H2,1H3. The molecule has 1 aliphatic rings. The van der Waals surface area contributed by atoms with Crippen molar-refractivity contribution in [2.45, 2.75) is 32.2 Å². The maximum atomic E-state index is 12.2. The van der Waals surface area contributed by atoms with Crippen molar-refractivity contribution in [3.63, 3.8) is 0 Å². The van der Waals surface area contributed by atoms with Gasteiger partial charge >= 0.3 is 0 Å². The summed E-state index contributed by atoms with van der Waals surface area (Å²) in [5.41, 5.74) is 0.639. The van der Waals surface area contributed by atoms with E-state index in [0.29, 0.717) is 16.8 Å². The van der Waals surface area contributed by atoms with E-state index in [1.54, 1.807) is 18.3 Å². The smallest absolute Gasteiger partial charge is 0.254 e. The predicted molar refractivity (Wildman–Crippen MR) is 63.6 cm³/mol. The van der Waals surface area contributed by atoms with Crippen molar-refractivity contribution in [3.05, 3.63) is 29.0 Å². The number of hydrogen-bond acceptors (Lipinski definition) is 2. The van der Waals surface area contributed by atoms with Crippen molar-refractivity contribution in [1.29, 1.82) is 0 Å². The van der Waals surface area contributed by atoms with Gasteiger partial charge in [0.25, 0.3) is 5.91 Å². The molecule has 0 saturated carbocycles. The molecule has 1 atom stereocenters. The molecule has 0 aromatic carbocycles. The summed E-state index contributed by atoms with van der Waals surface area (Å²) in [6.07, 6.45) is 4.81. The Labute approximate surface area is 100 Å². The zero-order valence-corrected chi connectivity index (χ0v) is 10.1. The first-order valence-corrected chi connectivity index (χ1v) is 6.02. The third kappa shape index (κ3) is 2.19. The van der Waals surface area contributed by atoms with Crippen molar-refractivity contribution in [1.82, 2.24) is 9.88 Å². The highest BCUT2D eigenvalue weighted by molar-refractivity contribution is 6.29. The Hall–Kier alpha value is -1.09. The van der Waals surface area contributed by atoms with Gasteiger partial charge in [-0.3, -0.25) is 4.79 Å². The minimum Gasteiger partial charge on any atom is -0.336 e. The van der Waals surface area contributed by atoms with Crippen LogP contribution in [0.2, 0.25) is 5.15 Å². The van der Waals surface area contributed by atoms with Gasteiger partial charge in [-0.1, -0.05) is 18.5 Å². The summed E-state index contributed by atoms with van der Waals surface area (Å²) in [4.78, 5) is 18.0. The van der Waals surface area contributed by atoms with E-state index in [9.17, 15) is 4.79 Å². The molecule has 1 fully saturated rings. The van der Waals surface area contributed by atoms with Gasteiger partial charge in [-0.25, -0.2) is 4.98 Å². The SMILES string of the molecule is CCC1CCCN1C(=O)c1ccnc(Cl)c1. The molecular formula is C12H15ClN2O. The van der Waals surface area contributed by atoms with E-state index in [1.165, 1.54) is 0 Å². The Morgan fingerprint density at radius 1 is 1.69 bits per heavy atom. The average Bonchev–Trinajstić information content (AvgIpc) is 2.76. The second-order valence-corrected chi connectivity index (χ2v) is 4.46. The average molecular weight is 239 g/mol. The number of likely N-dealkylation sites (tertiary alicyclic amines) is 1. The lowest BCUT2D eigenvalue weighted by Gasteiger charge is -2.23. The molecule has 0 radical (unpaired) electrons. The van der Waals surface area contributed by atoms with Gasteiger partial charge in [0.1, 0.15) is 5.15 Å². The van der Waals surface area contributed by atoms with Crippen LogP contribution in [-0.2, 0) is 0 Å².